The average Bonchev–Trinajstić information content (AvgIpc) is 2.24. The molecule has 15 heavy (non-hydrogen) atoms. The number of likely N-dealkylation sites (tertiary alicyclic amines) is 1. The minimum absolute atomic E-state index is 0.241. The van der Waals surface area contributed by atoms with E-state index in [2.05, 4.69) is 18.9 Å². The van der Waals surface area contributed by atoms with E-state index in [0.29, 0.717) is 5.91 Å². The zero-order valence-electron chi connectivity index (χ0n) is 10.3. The third-order valence-electron chi connectivity index (χ3n) is 3.20. The average molecular weight is 212 g/mol. The molecule has 3 heteroatoms. The van der Waals surface area contributed by atoms with Gasteiger partial charge in [-0.1, -0.05) is 13.3 Å². The number of piperidine rings is 1. The zero-order valence-corrected chi connectivity index (χ0v) is 10.3. The first-order chi connectivity index (χ1) is 7.15. The number of hydrogen-bond donors (Lipinski definition) is 0. The molecule has 0 spiro atoms. The van der Waals surface area contributed by atoms with Gasteiger partial charge in [-0.05, 0) is 32.9 Å². The highest BCUT2D eigenvalue weighted by Gasteiger charge is 2.25. The number of unbranched alkanes of at least 4 members (excludes halogenated alkanes) is 1. The Morgan fingerprint density at radius 2 is 2.27 bits per heavy atom. The Morgan fingerprint density at radius 1 is 1.53 bits per heavy atom. The summed E-state index contributed by atoms with van der Waals surface area (Å²) in [5.74, 6) is 0.584. The second-order valence-corrected chi connectivity index (χ2v) is 4.71. The highest BCUT2D eigenvalue weighted by atomic mass is 16.2. The van der Waals surface area contributed by atoms with Crippen LogP contribution in [0.25, 0.3) is 0 Å². The normalized spacial score (nSPS) is 22.7. The molecule has 1 saturated heterocycles. The molecule has 3 nitrogen and oxygen atoms in total. The first kappa shape index (κ1) is 12.5. The van der Waals surface area contributed by atoms with Crippen LogP contribution in [0.5, 0.6) is 0 Å². The fraction of sp³-hybridized carbons (Fsp3) is 0.917. The maximum atomic E-state index is 12.0. The van der Waals surface area contributed by atoms with Crippen molar-refractivity contribution >= 4 is 5.91 Å². The van der Waals surface area contributed by atoms with Gasteiger partial charge in [-0.25, -0.2) is 0 Å². The number of hydrogen-bond acceptors (Lipinski definition) is 2. The standard InChI is InChI=1S/C12H24N2O/c1-4-5-9-14(3)12(15)11-7-6-8-13(2)10-11/h11H,4-10H2,1-3H3. The first-order valence-corrected chi connectivity index (χ1v) is 6.08. The summed E-state index contributed by atoms with van der Waals surface area (Å²) in [6, 6.07) is 0. The van der Waals surface area contributed by atoms with Crippen LogP contribution in [0.2, 0.25) is 0 Å². The Kier molecular flexibility index (Phi) is 5.09. The number of amides is 1. The van der Waals surface area contributed by atoms with E-state index in [1.54, 1.807) is 0 Å². The minimum Gasteiger partial charge on any atom is -0.345 e. The first-order valence-electron chi connectivity index (χ1n) is 6.08. The molecule has 1 fully saturated rings. The molecular formula is C12H24N2O. The molecule has 1 unspecified atom stereocenters. The van der Waals surface area contributed by atoms with Crippen LogP contribution < -0.4 is 0 Å². The largest absolute Gasteiger partial charge is 0.345 e. The molecular weight excluding hydrogens is 188 g/mol. The molecule has 1 atom stereocenters. The quantitative estimate of drug-likeness (QED) is 0.706. The number of carbonyl (C=O) groups is 1. The third-order valence-corrected chi connectivity index (χ3v) is 3.20. The van der Waals surface area contributed by atoms with E-state index in [1.807, 2.05) is 11.9 Å². The Morgan fingerprint density at radius 3 is 2.87 bits per heavy atom. The van der Waals surface area contributed by atoms with Crippen LogP contribution in [0.1, 0.15) is 32.6 Å². The van der Waals surface area contributed by atoms with E-state index >= 15 is 0 Å². The van der Waals surface area contributed by atoms with Crippen molar-refractivity contribution in [3.63, 3.8) is 0 Å². The van der Waals surface area contributed by atoms with Gasteiger partial charge in [0, 0.05) is 20.1 Å². The number of nitrogens with zero attached hydrogens (tertiary/aromatic N) is 2. The monoisotopic (exact) mass is 212 g/mol. The Hall–Kier alpha value is -0.570. The van der Waals surface area contributed by atoms with Gasteiger partial charge in [0.1, 0.15) is 0 Å². The van der Waals surface area contributed by atoms with Gasteiger partial charge in [-0.15, -0.1) is 0 Å². The molecule has 1 amide bonds. The summed E-state index contributed by atoms with van der Waals surface area (Å²) < 4.78 is 0. The summed E-state index contributed by atoms with van der Waals surface area (Å²) in [5.41, 5.74) is 0. The maximum absolute atomic E-state index is 12.0. The van der Waals surface area contributed by atoms with Crippen molar-refractivity contribution in [3.8, 4) is 0 Å². The van der Waals surface area contributed by atoms with Crippen molar-refractivity contribution < 1.29 is 4.79 Å². The van der Waals surface area contributed by atoms with E-state index in [0.717, 1.165) is 45.3 Å². The highest BCUT2D eigenvalue weighted by molar-refractivity contribution is 5.78. The van der Waals surface area contributed by atoms with Crippen molar-refractivity contribution in [1.82, 2.24) is 9.80 Å². The van der Waals surface area contributed by atoms with Gasteiger partial charge in [0.25, 0.3) is 0 Å². The fourth-order valence-corrected chi connectivity index (χ4v) is 2.19. The minimum atomic E-state index is 0.241. The molecule has 0 aromatic carbocycles. The lowest BCUT2D eigenvalue weighted by Gasteiger charge is -2.31. The van der Waals surface area contributed by atoms with Crippen molar-refractivity contribution in [3.05, 3.63) is 0 Å². The lowest BCUT2D eigenvalue weighted by atomic mass is 9.97. The van der Waals surface area contributed by atoms with Crippen LogP contribution in [0, 0.1) is 5.92 Å². The lowest BCUT2D eigenvalue weighted by Crippen LogP contribution is -2.42. The van der Waals surface area contributed by atoms with Gasteiger partial charge >= 0.3 is 0 Å². The molecule has 88 valence electrons. The second-order valence-electron chi connectivity index (χ2n) is 4.71. The van der Waals surface area contributed by atoms with Gasteiger partial charge in [0.15, 0.2) is 0 Å². The predicted octanol–water partition coefficient (Wildman–Crippen LogP) is 1.59. The van der Waals surface area contributed by atoms with Gasteiger partial charge in [-0.3, -0.25) is 4.79 Å². The third kappa shape index (κ3) is 3.82. The highest BCUT2D eigenvalue weighted by Crippen LogP contribution is 2.17. The Bertz CT molecular complexity index is 206. The molecule has 0 aromatic heterocycles. The summed E-state index contributed by atoms with van der Waals surface area (Å²) in [6.45, 7) is 5.15. The van der Waals surface area contributed by atoms with Gasteiger partial charge in [-0.2, -0.15) is 0 Å². The van der Waals surface area contributed by atoms with Gasteiger partial charge in [0.2, 0.25) is 5.91 Å². The van der Waals surface area contributed by atoms with E-state index in [4.69, 9.17) is 0 Å². The van der Waals surface area contributed by atoms with Crippen LogP contribution in [-0.2, 0) is 4.79 Å². The van der Waals surface area contributed by atoms with Crippen molar-refractivity contribution in [2.45, 2.75) is 32.6 Å². The Balaban J connectivity index is 2.37. The molecule has 0 N–H and O–H groups in total. The van der Waals surface area contributed by atoms with Crippen molar-refractivity contribution in [1.29, 1.82) is 0 Å². The van der Waals surface area contributed by atoms with E-state index in [9.17, 15) is 4.79 Å². The lowest BCUT2D eigenvalue weighted by molar-refractivity contribution is -0.135. The molecule has 0 saturated carbocycles. The van der Waals surface area contributed by atoms with Crippen LogP contribution in [0.4, 0.5) is 0 Å². The summed E-state index contributed by atoms with van der Waals surface area (Å²) in [6.07, 6.45) is 4.50. The number of rotatable bonds is 4. The Labute approximate surface area is 93.4 Å². The molecule has 1 rings (SSSR count). The SMILES string of the molecule is CCCCN(C)C(=O)C1CCCN(C)C1. The van der Waals surface area contributed by atoms with E-state index in [1.165, 1.54) is 0 Å². The van der Waals surface area contributed by atoms with Crippen LogP contribution in [0.15, 0.2) is 0 Å². The van der Waals surface area contributed by atoms with E-state index < -0.39 is 0 Å². The molecule has 0 aliphatic carbocycles. The van der Waals surface area contributed by atoms with Crippen LogP contribution in [0.3, 0.4) is 0 Å². The molecule has 1 heterocycles. The molecule has 0 radical (unpaired) electrons. The topological polar surface area (TPSA) is 23.6 Å². The smallest absolute Gasteiger partial charge is 0.226 e. The fourth-order valence-electron chi connectivity index (χ4n) is 2.19. The predicted molar refractivity (Wildman–Crippen MR) is 62.8 cm³/mol. The summed E-state index contributed by atoms with van der Waals surface area (Å²) in [5, 5.41) is 0. The molecule has 1 aliphatic heterocycles. The van der Waals surface area contributed by atoms with Gasteiger partial charge < -0.3 is 9.80 Å². The maximum Gasteiger partial charge on any atom is 0.226 e. The summed E-state index contributed by atoms with van der Waals surface area (Å²) in [4.78, 5) is 16.2. The zero-order chi connectivity index (χ0) is 11.3. The molecule has 0 bridgehead atoms. The molecule has 1 aliphatic rings. The second kappa shape index (κ2) is 6.11. The van der Waals surface area contributed by atoms with E-state index in [-0.39, 0.29) is 5.92 Å². The summed E-state index contributed by atoms with van der Waals surface area (Å²) >= 11 is 0. The van der Waals surface area contributed by atoms with Crippen LogP contribution in [-0.4, -0.2) is 49.4 Å². The number of carbonyl (C=O) groups excluding carboxylic acids is 1. The van der Waals surface area contributed by atoms with Crippen molar-refractivity contribution in [2.75, 3.05) is 33.7 Å². The van der Waals surface area contributed by atoms with Gasteiger partial charge in [0.05, 0.1) is 5.92 Å². The molecule has 0 aromatic rings. The van der Waals surface area contributed by atoms with Crippen LogP contribution >= 0.6 is 0 Å². The van der Waals surface area contributed by atoms with Crippen molar-refractivity contribution in [2.24, 2.45) is 5.92 Å². The summed E-state index contributed by atoms with van der Waals surface area (Å²) in [7, 11) is 4.04.